The van der Waals surface area contributed by atoms with Crippen LogP contribution >= 0.6 is 0 Å². The van der Waals surface area contributed by atoms with Crippen LogP contribution in [-0.4, -0.2) is 48.7 Å². The van der Waals surface area contributed by atoms with Crippen LogP contribution in [0.15, 0.2) is 24.3 Å². The van der Waals surface area contributed by atoms with Crippen molar-refractivity contribution in [3.8, 4) is 0 Å². The molecule has 1 aromatic rings. The van der Waals surface area contributed by atoms with Crippen molar-refractivity contribution in [3.63, 3.8) is 0 Å². The predicted octanol–water partition coefficient (Wildman–Crippen LogP) is 2.23. The topological polar surface area (TPSA) is 66.8 Å². The van der Waals surface area contributed by atoms with Gasteiger partial charge < -0.3 is 14.7 Å². The first-order valence-electron chi connectivity index (χ1n) is 8.53. The fraction of sp³-hybridized carbons (Fsp3) is 0.579. The molecule has 0 bridgehead atoms. The van der Waals surface area contributed by atoms with Gasteiger partial charge in [0.1, 0.15) is 5.41 Å². The molecule has 24 heavy (non-hydrogen) atoms. The Morgan fingerprint density at radius 2 is 2.04 bits per heavy atom. The Kier molecular flexibility index (Phi) is 4.38. The third-order valence-electron chi connectivity index (χ3n) is 5.72. The molecule has 0 aromatic heterocycles. The van der Waals surface area contributed by atoms with Gasteiger partial charge in [-0.05, 0) is 43.7 Å². The van der Waals surface area contributed by atoms with Crippen molar-refractivity contribution in [2.45, 2.75) is 38.0 Å². The van der Waals surface area contributed by atoms with Crippen LogP contribution in [0.3, 0.4) is 0 Å². The molecule has 0 radical (unpaired) electrons. The minimum atomic E-state index is -0.977. The second-order valence-corrected chi connectivity index (χ2v) is 7.34. The van der Waals surface area contributed by atoms with E-state index in [4.69, 9.17) is 4.74 Å². The number of ether oxygens (including phenoxy) is 1. The third-order valence-corrected chi connectivity index (χ3v) is 5.72. The molecule has 1 saturated heterocycles. The number of hydrogen-bond acceptors (Lipinski definition) is 3. The number of aliphatic carboxylic acids is 1. The van der Waals surface area contributed by atoms with Crippen molar-refractivity contribution in [1.82, 2.24) is 4.90 Å². The number of benzene rings is 1. The molecular weight excluding hydrogens is 306 g/mol. The highest BCUT2D eigenvalue weighted by Crippen LogP contribution is 2.41. The van der Waals surface area contributed by atoms with Crippen molar-refractivity contribution >= 4 is 11.9 Å². The normalized spacial score (nSPS) is 29.3. The first-order chi connectivity index (χ1) is 11.4. The molecule has 1 aliphatic heterocycles. The summed E-state index contributed by atoms with van der Waals surface area (Å²) in [5.41, 5.74) is 0.798. The Balaban J connectivity index is 1.87. The summed E-state index contributed by atoms with van der Waals surface area (Å²) < 4.78 is 5.13. The van der Waals surface area contributed by atoms with Crippen LogP contribution in [0.2, 0.25) is 0 Å². The van der Waals surface area contributed by atoms with Crippen LogP contribution in [0.5, 0.6) is 0 Å². The average molecular weight is 331 g/mol. The number of fused-ring (bicyclic) bond motifs is 1. The van der Waals surface area contributed by atoms with E-state index >= 15 is 0 Å². The summed E-state index contributed by atoms with van der Waals surface area (Å²) in [7, 11) is 1.51. The van der Waals surface area contributed by atoms with Gasteiger partial charge in [0.05, 0.1) is 12.0 Å². The van der Waals surface area contributed by atoms with Gasteiger partial charge in [0, 0.05) is 20.2 Å². The lowest BCUT2D eigenvalue weighted by Crippen LogP contribution is -2.48. The molecule has 3 rings (SSSR count). The van der Waals surface area contributed by atoms with Crippen LogP contribution in [0.25, 0.3) is 0 Å². The van der Waals surface area contributed by atoms with Gasteiger partial charge in [-0.1, -0.05) is 24.3 Å². The fourth-order valence-corrected chi connectivity index (χ4v) is 4.29. The van der Waals surface area contributed by atoms with Crippen LogP contribution in [0, 0.1) is 5.41 Å². The standard InChI is InChI=1S/C19H25NO4/c1-18(9-5-7-14-6-3-4-8-15(14)18)16(21)20-11-10-19(12-20,13-24-2)17(22)23/h3-4,6,8H,5,7,9-13H2,1-2H3,(H,22,23). The number of carbonyl (C=O) groups is 2. The minimum Gasteiger partial charge on any atom is -0.481 e. The lowest BCUT2D eigenvalue weighted by atomic mass is 9.70. The first-order valence-corrected chi connectivity index (χ1v) is 8.53. The number of hydrogen-bond donors (Lipinski definition) is 1. The zero-order chi connectivity index (χ0) is 17.4. The predicted molar refractivity (Wildman–Crippen MR) is 89.9 cm³/mol. The highest BCUT2D eigenvalue weighted by molar-refractivity contribution is 5.90. The van der Waals surface area contributed by atoms with E-state index in [1.165, 1.54) is 12.7 Å². The number of carboxylic acids is 1. The maximum absolute atomic E-state index is 13.3. The number of carbonyl (C=O) groups excluding carboxylic acids is 1. The van der Waals surface area contributed by atoms with Gasteiger partial charge in [-0.3, -0.25) is 9.59 Å². The van der Waals surface area contributed by atoms with Crippen molar-refractivity contribution in [1.29, 1.82) is 0 Å². The SMILES string of the molecule is COCC1(C(=O)O)CCN(C(=O)C2(C)CCCc3ccccc32)C1. The highest BCUT2D eigenvalue weighted by Gasteiger charge is 2.50. The minimum absolute atomic E-state index is 0.0499. The van der Waals surface area contributed by atoms with Crippen LogP contribution in [-0.2, 0) is 26.2 Å². The highest BCUT2D eigenvalue weighted by atomic mass is 16.5. The monoisotopic (exact) mass is 331 g/mol. The Bertz CT molecular complexity index is 659. The molecule has 1 N–H and O–H groups in total. The van der Waals surface area contributed by atoms with E-state index in [0.29, 0.717) is 13.0 Å². The second-order valence-electron chi connectivity index (χ2n) is 7.34. The summed E-state index contributed by atoms with van der Waals surface area (Å²) in [4.78, 5) is 26.7. The van der Waals surface area contributed by atoms with Gasteiger partial charge in [-0.2, -0.15) is 0 Å². The Morgan fingerprint density at radius 3 is 2.75 bits per heavy atom. The summed E-state index contributed by atoms with van der Waals surface area (Å²) in [6, 6.07) is 8.13. The van der Waals surface area contributed by atoms with E-state index < -0.39 is 16.8 Å². The molecule has 2 atom stereocenters. The first kappa shape index (κ1) is 17.0. The van der Waals surface area contributed by atoms with E-state index in [1.807, 2.05) is 25.1 Å². The molecule has 1 amide bonds. The zero-order valence-corrected chi connectivity index (χ0v) is 14.4. The average Bonchev–Trinajstić information content (AvgIpc) is 3.00. The number of likely N-dealkylation sites (tertiary alicyclic amines) is 1. The number of aryl methyl sites for hydroxylation is 1. The lowest BCUT2D eigenvalue weighted by Gasteiger charge is -2.38. The molecule has 5 nitrogen and oxygen atoms in total. The molecule has 5 heteroatoms. The van der Waals surface area contributed by atoms with Crippen molar-refractivity contribution in [3.05, 3.63) is 35.4 Å². The largest absolute Gasteiger partial charge is 0.481 e. The Hall–Kier alpha value is -1.88. The Morgan fingerprint density at radius 1 is 1.29 bits per heavy atom. The van der Waals surface area contributed by atoms with Gasteiger partial charge >= 0.3 is 5.97 Å². The lowest BCUT2D eigenvalue weighted by molar-refractivity contribution is -0.152. The van der Waals surface area contributed by atoms with E-state index in [9.17, 15) is 14.7 Å². The van der Waals surface area contributed by atoms with E-state index in [1.54, 1.807) is 4.90 Å². The molecular formula is C19H25NO4. The number of rotatable bonds is 4. The summed E-state index contributed by atoms with van der Waals surface area (Å²) in [6.45, 7) is 2.85. The van der Waals surface area contributed by atoms with Gasteiger partial charge in [-0.15, -0.1) is 0 Å². The molecule has 130 valence electrons. The van der Waals surface area contributed by atoms with Crippen LogP contribution < -0.4 is 0 Å². The van der Waals surface area contributed by atoms with Crippen molar-refractivity contribution in [2.24, 2.45) is 5.41 Å². The van der Waals surface area contributed by atoms with E-state index in [0.717, 1.165) is 24.8 Å². The fourth-order valence-electron chi connectivity index (χ4n) is 4.29. The molecule has 1 aliphatic carbocycles. The molecule has 1 aromatic carbocycles. The van der Waals surface area contributed by atoms with Crippen molar-refractivity contribution in [2.75, 3.05) is 26.8 Å². The maximum atomic E-state index is 13.3. The van der Waals surface area contributed by atoms with Crippen LogP contribution in [0.1, 0.15) is 37.3 Å². The Labute approximate surface area is 142 Å². The summed E-state index contributed by atoms with van der Waals surface area (Å²) in [5, 5.41) is 9.61. The number of methoxy groups -OCH3 is 1. The molecule has 2 unspecified atom stereocenters. The van der Waals surface area contributed by atoms with Crippen molar-refractivity contribution < 1.29 is 19.4 Å². The second kappa shape index (κ2) is 6.20. The number of amides is 1. The zero-order valence-electron chi connectivity index (χ0n) is 14.4. The van der Waals surface area contributed by atoms with Gasteiger partial charge in [0.15, 0.2) is 0 Å². The van der Waals surface area contributed by atoms with Gasteiger partial charge in [0.25, 0.3) is 0 Å². The summed E-state index contributed by atoms with van der Waals surface area (Å²) in [5.74, 6) is -0.831. The maximum Gasteiger partial charge on any atom is 0.313 e. The van der Waals surface area contributed by atoms with E-state index in [2.05, 4.69) is 6.07 Å². The summed E-state index contributed by atoms with van der Waals surface area (Å²) >= 11 is 0. The molecule has 0 saturated carbocycles. The van der Waals surface area contributed by atoms with Gasteiger partial charge in [-0.25, -0.2) is 0 Å². The van der Waals surface area contributed by atoms with E-state index in [-0.39, 0.29) is 19.1 Å². The number of nitrogens with zero attached hydrogens (tertiary/aromatic N) is 1. The van der Waals surface area contributed by atoms with Gasteiger partial charge in [0.2, 0.25) is 5.91 Å². The third kappa shape index (κ3) is 2.61. The molecule has 2 aliphatic rings. The van der Waals surface area contributed by atoms with Crippen LogP contribution in [0.4, 0.5) is 0 Å². The molecule has 0 spiro atoms. The quantitative estimate of drug-likeness (QED) is 0.919. The summed E-state index contributed by atoms with van der Waals surface area (Å²) in [6.07, 6.45) is 3.24. The number of carboxylic acid groups (broad SMARTS) is 1. The smallest absolute Gasteiger partial charge is 0.313 e. The molecule has 1 heterocycles. The molecule has 1 fully saturated rings.